The molecule has 0 radical (unpaired) electrons. The van der Waals surface area contributed by atoms with Crippen LogP contribution in [0.2, 0.25) is 5.02 Å². The lowest BCUT2D eigenvalue weighted by atomic mass is 10.2. The predicted molar refractivity (Wildman–Crippen MR) is 75.2 cm³/mol. The highest BCUT2D eigenvalue weighted by Crippen LogP contribution is 2.27. The van der Waals surface area contributed by atoms with Gasteiger partial charge in [0, 0.05) is 5.02 Å². The minimum absolute atomic E-state index is 0.311. The van der Waals surface area contributed by atoms with E-state index in [1.54, 1.807) is 28.8 Å². The number of nitrogen functional groups attached to an aromatic ring is 1. The van der Waals surface area contributed by atoms with Gasteiger partial charge < -0.3 is 5.73 Å². The Hall–Kier alpha value is -2.07. The number of aromatic nitrogens is 2. The monoisotopic (exact) mass is 275 g/mol. The van der Waals surface area contributed by atoms with Gasteiger partial charge in [-0.05, 0) is 42.8 Å². The molecule has 0 aliphatic rings. The first-order chi connectivity index (χ1) is 9.06. The van der Waals surface area contributed by atoms with Crippen molar-refractivity contribution in [1.29, 1.82) is 0 Å². The molecule has 0 aliphatic carbocycles. The number of rotatable bonds is 1. The molecule has 5 heteroatoms. The SMILES string of the molecule is Cc1ccc(F)cc1-n1c(N)nc2ccc(Cl)cc21. The Labute approximate surface area is 114 Å². The minimum Gasteiger partial charge on any atom is -0.369 e. The van der Waals surface area contributed by atoms with Crippen LogP contribution in [0.1, 0.15) is 5.56 Å². The zero-order chi connectivity index (χ0) is 13.6. The maximum absolute atomic E-state index is 13.4. The van der Waals surface area contributed by atoms with Crippen LogP contribution in [0, 0.1) is 12.7 Å². The molecule has 3 nitrogen and oxygen atoms in total. The molecular formula is C14H11ClFN3. The number of aryl methyl sites for hydroxylation is 1. The maximum atomic E-state index is 13.4. The third kappa shape index (κ3) is 1.94. The van der Waals surface area contributed by atoms with E-state index in [0.717, 1.165) is 16.6 Å². The third-order valence-electron chi connectivity index (χ3n) is 3.05. The van der Waals surface area contributed by atoms with E-state index in [9.17, 15) is 4.39 Å². The zero-order valence-corrected chi connectivity index (χ0v) is 10.9. The summed E-state index contributed by atoms with van der Waals surface area (Å²) in [7, 11) is 0. The number of nitrogens with two attached hydrogens (primary N) is 1. The second-order valence-electron chi connectivity index (χ2n) is 4.37. The van der Waals surface area contributed by atoms with Gasteiger partial charge in [0.25, 0.3) is 0 Å². The van der Waals surface area contributed by atoms with Gasteiger partial charge in [0.15, 0.2) is 0 Å². The summed E-state index contributed by atoms with van der Waals surface area (Å²) < 4.78 is 15.2. The van der Waals surface area contributed by atoms with Gasteiger partial charge in [-0.2, -0.15) is 0 Å². The molecule has 0 spiro atoms. The van der Waals surface area contributed by atoms with E-state index < -0.39 is 0 Å². The van der Waals surface area contributed by atoms with Crippen LogP contribution >= 0.6 is 11.6 Å². The topological polar surface area (TPSA) is 43.8 Å². The van der Waals surface area contributed by atoms with Gasteiger partial charge in [-0.3, -0.25) is 4.57 Å². The average Bonchev–Trinajstić information content (AvgIpc) is 2.68. The van der Waals surface area contributed by atoms with Gasteiger partial charge in [-0.1, -0.05) is 17.7 Å². The lowest BCUT2D eigenvalue weighted by molar-refractivity contribution is 0.626. The van der Waals surface area contributed by atoms with E-state index in [0.29, 0.717) is 16.7 Å². The highest BCUT2D eigenvalue weighted by Gasteiger charge is 2.12. The third-order valence-corrected chi connectivity index (χ3v) is 3.29. The van der Waals surface area contributed by atoms with Crippen molar-refractivity contribution >= 4 is 28.6 Å². The minimum atomic E-state index is -0.316. The molecule has 2 N–H and O–H groups in total. The summed E-state index contributed by atoms with van der Waals surface area (Å²) >= 11 is 6.00. The van der Waals surface area contributed by atoms with Gasteiger partial charge in [0.1, 0.15) is 5.82 Å². The van der Waals surface area contributed by atoms with Crippen molar-refractivity contribution in [2.45, 2.75) is 6.92 Å². The molecule has 3 rings (SSSR count). The first-order valence-corrected chi connectivity index (χ1v) is 6.14. The Morgan fingerprint density at radius 1 is 1.21 bits per heavy atom. The molecule has 0 atom stereocenters. The van der Waals surface area contributed by atoms with E-state index in [1.165, 1.54) is 12.1 Å². The maximum Gasteiger partial charge on any atom is 0.205 e. The van der Waals surface area contributed by atoms with Crippen LogP contribution in [0.5, 0.6) is 0 Å². The summed E-state index contributed by atoms with van der Waals surface area (Å²) in [6.45, 7) is 1.89. The largest absolute Gasteiger partial charge is 0.369 e. The van der Waals surface area contributed by atoms with Crippen LogP contribution in [0.25, 0.3) is 16.7 Å². The van der Waals surface area contributed by atoms with Crippen LogP contribution in [-0.2, 0) is 0 Å². The zero-order valence-electron chi connectivity index (χ0n) is 10.2. The average molecular weight is 276 g/mol. The lowest BCUT2D eigenvalue weighted by Gasteiger charge is -2.10. The Morgan fingerprint density at radius 2 is 2.00 bits per heavy atom. The number of halogens is 2. The first kappa shape index (κ1) is 12.0. The second-order valence-corrected chi connectivity index (χ2v) is 4.81. The fourth-order valence-electron chi connectivity index (χ4n) is 2.14. The van der Waals surface area contributed by atoms with Crippen LogP contribution in [0.4, 0.5) is 10.3 Å². The molecule has 0 bridgehead atoms. The summed E-state index contributed by atoms with van der Waals surface area (Å²) in [5.74, 6) is -0.00477. The lowest BCUT2D eigenvalue weighted by Crippen LogP contribution is -2.03. The summed E-state index contributed by atoms with van der Waals surface area (Å²) in [5, 5.41) is 0.586. The molecule has 0 aliphatic heterocycles. The quantitative estimate of drug-likeness (QED) is 0.736. The Balaban J connectivity index is 2.38. The van der Waals surface area contributed by atoms with Crippen LogP contribution in [0.15, 0.2) is 36.4 Å². The molecular weight excluding hydrogens is 265 g/mol. The molecule has 1 aromatic heterocycles. The molecule has 1 heterocycles. The van der Waals surface area contributed by atoms with Crippen molar-refractivity contribution in [3.05, 3.63) is 52.8 Å². The van der Waals surface area contributed by atoms with Crippen LogP contribution in [0.3, 0.4) is 0 Å². The number of imidazole rings is 1. The molecule has 2 aromatic carbocycles. The Morgan fingerprint density at radius 3 is 2.79 bits per heavy atom. The number of benzene rings is 2. The first-order valence-electron chi connectivity index (χ1n) is 5.76. The normalized spacial score (nSPS) is 11.1. The van der Waals surface area contributed by atoms with Crippen molar-refractivity contribution in [1.82, 2.24) is 9.55 Å². The van der Waals surface area contributed by atoms with Crippen molar-refractivity contribution in [2.24, 2.45) is 0 Å². The van der Waals surface area contributed by atoms with Gasteiger partial charge in [0.2, 0.25) is 5.95 Å². The molecule has 96 valence electrons. The van der Waals surface area contributed by atoms with E-state index in [4.69, 9.17) is 17.3 Å². The van der Waals surface area contributed by atoms with Crippen LogP contribution in [-0.4, -0.2) is 9.55 Å². The van der Waals surface area contributed by atoms with Gasteiger partial charge >= 0.3 is 0 Å². The Bertz CT molecular complexity index is 780. The van der Waals surface area contributed by atoms with Crippen molar-refractivity contribution in [3.8, 4) is 5.69 Å². The fourth-order valence-corrected chi connectivity index (χ4v) is 2.31. The number of nitrogens with zero attached hydrogens (tertiary/aromatic N) is 2. The fraction of sp³-hybridized carbons (Fsp3) is 0.0714. The number of fused-ring (bicyclic) bond motifs is 1. The molecule has 0 saturated carbocycles. The highest BCUT2D eigenvalue weighted by atomic mass is 35.5. The molecule has 19 heavy (non-hydrogen) atoms. The van der Waals surface area contributed by atoms with E-state index in [2.05, 4.69) is 4.98 Å². The summed E-state index contributed by atoms with van der Waals surface area (Å²) in [6.07, 6.45) is 0. The summed E-state index contributed by atoms with van der Waals surface area (Å²) in [5.41, 5.74) is 9.01. The smallest absolute Gasteiger partial charge is 0.205 e. The summed E-state index contributed by atoms with van der Waals surface area (Å²) in [6, 6.07) is 9.87. The molecule has 0 amide bonds. The van der Waals surface area contributed by atoms with E-state index in [1.807, 2.05) is 6.92 Å². The van der Waals surface area contributed by atoms with Crippen LogP contribution < -0.4 is 5.73 Å². The number of hydrogen-bond acceptors (Lipinski definition) is 2. The predicted octanol–water partition coefficient (Wildman–Crippen LogP) is 3.71. The van der Waals surface area contributed by atoms with E-state index in [-0.39, 0.29) is 5.82 Å². The van der Waals surface area contributed by atoms with Crippen molar-refractivity contribution < 1.29 is 4.39 Å². The highest BCUT2D eigenvalue weighted by molar-refractivity contribution is 6.31. The van der Waals surface area contributed by atoms with Gasteiger partial charge in [0.05, 0.1) is 16.7 Å². The van der Waals surface area contributed by atoms with E-state index >= 15 is 0 Å². The second kappa shape index (κ2) is 4.24. The number of anilines is 1. The molecule has 3 aromatic rings. The molecule has 0 saturated heterocycles. The Kier molecular flexibility index (Phi) is 2.68. The summed E-state index contributed by atoms with van der Waals surface area (Å²) in [4.78, 5) is 4.26. The standard InChI is InChI=1S/C14H11ClFN3/c1-8-2-4-10(16)7-12(8)19-13-6-9(15)3-5-11(13)18-14(19)17/h2-7H,1H3,(H2,17,18). The number of hydrogen-bond donors (Lipinski definition) is 1. The van der Waals surface area contributed by atoms with Crippen molar-refractivity contribution in [3.63, 3.8) is 0 Å². The van der Waals surface area contributed by atoms with Gasteiger partial charge in [-0.15, -0.1) is 0 Å². The van der Waals surface area contributed by atoms with Gasteiger partial charge in [-0.25, -0.2) is 9.37 Å². The van der Waals surface area contributed by atoms with Crippen molar-refractivity contribution in [2.75, 3.05) is 5.73 Å². The molecule has 0 fully saturated rings. The molecule has 0 unspecified atom stereocenters.